The summed E-state index contributed by atoms with van der Waals surface area (Å²) in [6.07, 6.45) is -4.72. The fourth-order valence-corrected chi connectivity index (χ4v) is 4.33. The average molecular weight is 349 g/mol. The lowest BCUT2D eigenvalue weighted by atomic mass is 10.2. The van der Waals surface area contributed by atoms with Gasteiger partial charge in [0.2, 0.25) is 10.0 Å². The second-order valence-corrected chi connectivity index (χ2v) is 7.80. The van der Waals surface area contributed by atoms with Crippen molar-refractivity contribution in [3.05, 3.63) is 51.7 Å². The summed E-state index contributed by atoms with van der Waals surface area (Å²) in [6.45, 7) is 1.87. The third kappa shape index (κ3) is 3.34. The molecule has 0 aliphatic rings. The monoisotopic (exact) mass is 349 g/mol. The second-order valence-electron chi connectivity index (χ2n) is 4.78. The van der Waals surface area contributed by atoms with E-state index in [1.54, 1.807) is 0 Å². The van der Waals surface area contributed by atoms with Gasteiger partial charge in [0.25, 0.3) is 0 Å². The lowest BCUT2D eigenvalue weighted by Crippen LogP contribution is -2.28. The number of benzene rings is 1. The van der Waals surface area contributed by atoms with E-state index in [2.05, 4.69) is 0 Å². The molecule has 3 nitrogen and oxygen atoms in total. The summed E-state index contributed by atoms with van der Waals surface area (Å²) < 4.78 is 64.9. The zero-order valence-electron chi connectivity index (χ0n) is 11.9. The molecule has 2 aromatic rings. The van der Waals surface area contributed by atoms with Gasteiger partial charge in [0.15, 0.2) is 0 Å². The van der Waals surface area contributed by atoms with Crippen LogP contribution in [0.2, 0.25) is 0 Å². The summed E-state index contributed by atoms with van der Waals surface area (Å²) in [5.41, 5.74) is -0.235. The zero-order chi connectivity index (χ0) is 16.5. The molecule has 0 atom stereocenters. The van der Waals surface area contributed by atoms with Crippen LogP contribution < -0.4 is 0 Å². The average Bonchev–Trinajstić information content (AvgIpc) is 2.83. The number of thiophene rings is 1. The molecule has 0 amide bonds. The first-order chi connectivity index (χ1) is 10.1. The van der Waals surface area contributed by atoms with E-state index in [9.17, 15) is 21.6 Å². The van der Waals surface area contributed by atoms with Crippen LogP contribution in [0.4, 0.5) is 13.2 Å². The Morgan fingerprint density at radius 2 is 1.82 bits per heavy atom. The van der Waals surface area contributed by atoms with Crippen LogP contribution in [-0.4, -0.2) is 19.8 Å². The molecule has 22 heavy (non-hydrogen) atoms. The largest absolute Gasteiger partial charge is 0.417 e. The molecule has 0 radical (unpaired) electrons. The van der Waals surface area contributed by atoms with Crippen LogP contribution in [-0.2, 0) is 22.7 Å². The molecule has 0 bridgehead atoms. The Labute approximate surface area is 131 Å². The van der Waals surface area contributed by atoms with E-state index in [0.29, 0.717) is 0 Å². The van der Waals surface area contributed by atoms with Gasteiger partial charge in [0, 0.05) is 18.5 Å². The topological polar surface area (TPSA) is 37.4 Å². The van der Waals surface area contributed by atoms with Crippen LogP contribution in [0.1, 0.15) is 16.0 Å². The third-order valence-corrected chi connectivity index (χ3v) is 6.08. The van der Waals surface area contributed by atoms with Crippen LogP contribution in [0.3, 0.4) is 0 Å². The smallest absolute Gasteiger partial charge is 0.207 e. The molecule has 0 unspecified atom stereocenters. The Bertz CT molecular complexity index is 766. The fourth-order valence-electron chi connectivity index (χ4n) is 1.95. The summed E-state index contributed by atoms with van der Waals surface area (Å²) in [4.78, 5) is 0.0785. The molecular weight excluding hydrogens is 335 g/mol. The number of hydrogen-bond donors (Lipinski definition) is 0. The number of nitrogens with zero attached hydrogens (tertiary/aromatic N) is 1. The number of halogens is 3. The molecule has 0 saturated carbocycles. The standard InChI is InChI=1S/C14H14F3NO2S2/c1-10-7-8-21-12(10)9-18(2)22(19,20)13-6-4-3-5-11(13)14(15,16)17/h3-8H,9H2,1-2H3. The highest BCUT2D eigenvalue weighted by Gasteiger charge is 2.38. The number of sulfonamides is 1. The summed E-state index contributed by atoms with van der Waals surface area (Å²) >= 11 is 1.37. The van der Waals surface area contributed by atoms with Crippen LogP contribution in [0.5, 0.6) is 0 Å². The highest BCUT2D eigenvalue weighted by atomic mass is 32.2. The van der Waals surface area contributed by atoms with E-state index < -0.39 is 26.7 Å². The molecule has 1 aromatic heterocycles. The minimum Gasteiger partial charge on any atom is -0.207 e. The van der Waals surface area contributed by atoms with Gasteiger partial charge in [0.05, 0.1) is 10.5 Å². The Kier molecular flexibility index (Phi) is 4.65. The maximum Gasteiger partial charge on any atom is 0.417 e. The SMILES string of the molecule is Cc1ccsc1CN(C)S(=O)(=O)c1ccccc1C(F)(F)F. The maximum atomic E-state index is 13.0. The molecule has 1 heterocycles. The highest BCUT2D eigenvalue weighted by molar-refractivity contribution is 7.89. The molecule has 0 N–H and O–H groups in total. The van der Waals surface area contributed by atoms with Crippen molar-refractivity contribution in [2.75, 3.05) is 7.05 Å². The van der Waals surface area contributed by atoms with E-state index in [0.717, 1.165) is 26.9 Å². The zero-order valence-corrected chi connectivity index (χ0v) is 13.5. The predicted octanol–water partition coefficient (Wildman–Crippen LogP) is 3.90. The molecule has 0 spiro atoms. The summed E-state index contributed by atoms with van der Waals surface area (Å²) in [5, 5.41) is 1.81. The van der Waals surface area contributed by atoms with Crippen molar-refractivity contribution < 1.29 is 21.6 Å². The summed E-state index contributed by atoms with van der Waals surface area (Å²) in [5.74, 6) is 0. The molecule has 0 aliphatic heterocycles. The van der Waals surface area contributed by atoms with Crippen molar-refractivity contribution in [3.8, 4) is 0 Å². The van der Waals surface area contributed by atoms with E-state index in [-0.39, 0.29) is 6.54 Å². The lowest BCUT2D eigenvalue weighted by molar-refractivity contribution is -0.139. The first-order valence-electron chi connectivity index (χ1n) is 6.29. The Morgan fingerprint density at radius 3 is 2.36 bits per heavy atom. The van der Waals surface area contributed by atoms with Crippen molar-refractivity contribution >= 4 is 21.4 Å². The van der Waals surface area contributed by atoms with Crippen molar-refractivity contribution in [1.82, 2.24) is 4.31 Å². The summed E-state index contributed by atoms with van der Waals surface area (Å²) in [7, 11) is -2.95. The lowest BCUT2D eigenvalue weighted by Gasteiger charge is -2.20. The van der Waals surface area contributed by atoms with E-state index in [1.807, 2.05) is 18.4 Å². The van der Waals surface area contributed by atoms with Crippen molar-refractivity contribution in [2.24, 2.45) is 0 Å². The van der Waals surface area contributed by atoms with Gasteiger partial charge in [0.1, 0.15) is 0 Å². The van der Waals surface area contributed by atoms with Gasteiger partial charge < -0.3 is 0 Å². The molecule has 0 saturated heterocycles. The summed E-state index contributed by atoms with van der Waals surface area (Å²) in [6, 6.07) is 6.05. The molecular formula is C14H14F3NO2S2. The van der Waals surface area contributed by atoms with Crippen LogP contribution in [0.15, 0.2) is 40.6 Å². The van der Waals surface area contributed by atoms with E-state index in [4.69, 9.17) is 0 Å². The van der Waals surface area contributed by atoms with Crippen molar-refractivity contribution in [2.45, 2.75) is 24.5 Å². The van der Waals surface area contributed by atoms with Crippen LogP contribution in [0, 0.1) is 6.92 Å². The van der Waals surface area contributed by atoms with Crippen LogP contribution in [0.25, 0.3) is 0 Å². The minimum absolute atomic E-state index is 0.0397. The van der Waals surface area contributed by atoms with Gasteiger partial charge in [-0.3, -0.25) is 0 Å². The maximum absolute atomic E-state index is 13.0. The number of aryl methyl sites for hydroxylation is 1. The molecule has 8 heteroatoms. The van der Waals surface area contributed by atoms with Crippen molar-refractivity contribution in [1.29, 1.82) is 0 Å². The first-order valence-corrected chi connectivity index (χ1v) is 8.61. The van der Waals surface area contributed by atoms with E-state index >= 15 is 0 Å². The predicted molar refractivity (Wildman–Crippen MR) is 79.2 cm³/mol. The van der Waals surface area contributed by atoms with Gasteiger partial charge in [-0.2, -0.15) is 17.5 Å². The minimum atomic E-state index is -4.72. The molecule has 120 valence electrons. The van der Waals surface area contributed by atoms with Crippen LogP contribution >= 0.6 is 11.3 Å². The Hall–Kier alpha value is -1.38. The van der Waals surface area contributed by atoms with Crippen molar-refractivity contribution in [3.63, 3.8) is 0 Å². The number of rotatable bonds is 4. The highest BCUT2D eigenvalue weighted by Crippen LogP contribution is 2.35. The second kappa shape index (κ2) is 6.02. The molecule has 2 rings (SSSR count). The molecule has 0 aliphatic carbocycles. The first kappa shape index (κ1) is 17.0. The molecule has 1 aromatic carbocycles. The normalized spacial score (nSPS) is 12.8. The van der Waals surface area contributed by atoms with Gasteiger partial charge in [-0.05, 0) is 36.1 Å². The third-order valence-electron chi connectivity index (χ3n) is 3.22. The van der Waals surface area contributed by atoms with Gasteiger partial charge in [-0.15, -0.1) is 11.3 Å². The number of alkyl halides is 3. The Balaban J connectivity index is 2.41. The van der Waals surface area contributed by atoms with Gasteiger partial charge in [-0.25, -0.2) is 8.42 Å². The van der Waals surface area contributed by atoms with Gasteiger partial charge in [-0.1, -0.05) is 12.1 Å². The molecule has 0 fully saturated rings. The fraction of sp³-hybridized carbons (Fsp3) is 0.286. The number of hydrogen-bond acceptors (Lipinski definition) is 3. The van der Waals surface area contributed by atoms with Gasteiger partial charge >= 0.3 is 6.18 Å². The Morgan fingerprint density at radius 1 is 1.18 bits per heavy atom. The quantitative estimate of drug-likeness (QED) is 0.840. The van der Waals surface area contributed by atoms with E-state index in [1.165, 1.54) is 30.5 Å².